The Morgan fingerprint density at radius 1 is 1.71 bits per heavy atom. The van der Waals surface area contributed by atoms with Crippen molar-refractivity contribution >= 4 is 18.2 Å². The van der Waals surface area contributed by atoms with Crippen LogP contribution in [0.25, 0.3) is 0 Å². The number of nitrogens with zero attached hydrogens (tertiary/aromatic N) is 1. The molecule has 76 valence electrons. The van der Waals surface area contributed by atoms with Crippen LogP contribution in [-0.2, 0) is 17.6 Å². The molecule has 1 aromatic heterocycles. The van der Waals surface area contributed by atoms with Crippen molar-refractivity contribution in [3.05, 3.63) is 22.2 Å². The van der Waals surface area contributed by atoms with Gasteiger partial charge in [-0.05, 0) is 30.6 Å². The Hall–Kier alpha value is -1.23. The molecule has 4 nitrogen and oxygen atoms in total. The van der Waals surface area contributed by atoms with Crippen LogP contribution in [-0.4, -0.2) is 21.0 Å². The second-order valence-electron chi connectivity index (χ2n) is 2.94. The van der Waals surface area contributed by atoms with Crippen LogP contribution < -0.4 is 0 Å². The van der Waals surface area contributed by atoms with Gasteiger partial charge in [-0.15, -0.1) is 0 Å². The molecule has 1 heterocycles. The minimum atomic E-state index is -0.797. The van der Waals surface area contributed by atoms with Gasteiger partial charge in [0, 0.05) is 18.3 Å². The third-order valence-corrected chi connectivity index (χ3v) is 2.15. The summed E-state index contributed by atoms with van der Waals surface area (Å²) in [6, 6.07) is 0. The third-order valence-electron chi connectivity index (χ3n) is 1.94. The maximum atomic E-state index is 10.4. The number of carboxylic acid groups (broad SMARTS) is 1. The molecule has 0 bridgehead atoms. The van der Waals surface area contributed by atoms with E-state index >= 15 is 0 Å². The van der Waals surface area contributed by atoms with Crippen LogP contribution in [0.3, 0.4) is 0 Å². The SMILES string of the molecule is CCc1[nH]c(=S)ncc1CCC(=O)O. The lowest BCUT2D eigenvalue weighted by atomic mass is 10.1. The molecular weight excluding hydrogens is 200 g/mol. The highest BCUT2D eigenvalue weighted by Crippen LogP contribution is 2.07. The summed E-state index contributed by atoms with van der Waals surface area (Å²) >= 11 is 4.88. The number of carboxylic acids is 1. The van der Waals surface area contributed by atoms with Crippen molar-refractivity contribution in [2.75, 3.05) is 0 Å². The van der Waals surface area contributed by atoms with Crippen LogP contribution >= 0.6 is 12.2 Å². The van der Waals surface area contributed by atoms with E-state index in [4.69, 9.17) is 17.3 Å². The van der Waals surface area contributed by atoms with Gasteiger partial charge in [-0.1, -0.05) is 6.92 Å². The summed E-state index contributed by atoms with van der Waals surface area (Å²) in [6.07, 6.45) is 3.08. The van der Waals surface area contributed by atoms with Crippen LogP contribution in [0.5, 0.6) is 0 Å². The number of aliphatic carboxylic acids is 1. The third kappa shape index (κ3) is 2.92. The van der Waals surface area contributed by atoms with Gasteiger partial charge in [0.15, 0.2) is 4.77 Å². The van der Waals surface area contributed by atoms with Gasteiger partial charge >= 0.3 is 5.97 Å². The number of nitrogens with one attached hydrogen (secondary N) is 1. The van der Waals surface area contributed by atoms with Crippen molar-refractivity contribution in [3.63, 3.8) is 0 Å². The maximum absolute atomic E-state index is 10.4. The van der Waals surface area contributed by atoms with Crippen molar-refractivity contribution in [1.82, 2.24) is 9.97 Å². The highest BCUT2D eigenvalue weighted by molar-refractivity contribution is 7.71. The predicted molar refractivity (Wildman–Crippen MR) is 54.8 cm³/mol. The Labute approximate surface area is 87.0 Å². The van der Waals surface area contributed by atoms with Crippen molar-refractivity contribution in [2.45, 2.75) is 26.2 Å². The van der Waals surface area contributed by atoms with Crippen molar-refractivity contribution in [2.24, 2.45) is 0 Å². The zero-order chi connectivity index (χ0) is 10.6. The Balaban J connectivity index is 2.85. The molecule has 0 fully saturated rings. The largest absolute Gasteiger partial charge is 0.481 e. The first-order chi connectivity index (χ1) is 6.63. The van der Waals surface area contributed by atoms with Gasteiger partial charge in [-0.3, -0.25) is 4.79 Å². The predicted octanol–water partition coefficient (Wildman–Crippen LogP) is 1.72. The molecule has 0 unspecified atom stereocenters. The van der Waals surface area contributed by atoms with Crippen molar-refractivity contribution in [3.8, 4) is 0 Å². The quantitative estimate of drug-likeness (QED) is 0.746. The molecule has 0 atom stereocenters. The van der Waals surface area contributed by atoms with Crippen molar-refractivity contribution < 1.29 is 9.90 Å². The summed E-state index contributed by atoms with van der Waals surface area (Å²) in [5, 5.41) is 8.54. The number of rotatable bonds is 4. The summed E-state index contributed by atoms with van der Waals surface area (Å²) in [7, 11) is 0. The van der Waals surface area contributed by atoms with E-state index in [1.54, 1.807) is 6.20 Å². The van der Waals surface area contributed by atoms with Crippen LogP contribution in [0, 0.1) is 4.77 Å². The summed E-state index contributed by atoms with van der Waals surface area (Å²) < 4.78 is 0.445. The standard InChI is InChI=1S/C9H12N2O2S/c1-2-7-6(3-4-8(12)13)5-10-9(14)11-7/h5H,2-4H2,1H3,(H,12,13)(H,10,11,14). The lowest BCUT2D eigenvalue weighted by molar-refractivity contribution is -0.136. The van der Waals surface area contributed by atoms with Gasteiger partial charge in [-0.2, -0.15) is 0 Å². The van der Waals surface area contributed by atoms with E-state index in [0.29, 0.717) is 11.2 Å². The van der Waals surface area contributed by atoms with Crippen LogP contribution in [0.15, 0.2) is 6.20 Å². The summed E-state index contributed by atoms with van der Waals surface area (Å²) in [4.78, 5) is 17.3. The Kier molecular flexibility index (Phi) is 3.76. The topological polar surface area (TPSA) is 66.0 Å². The number of carbonyl (C=O) groups is 1. The highest BCUT2D eigenvalue weighted by atomic mass is 32.1. The van der Waals surface area contributed by atoms with Crippen LogP contribution in [0.1, 0.15) is 24.6 Å². The van der Waals surface area contributed by atoms with Crippen molar-refractivity contribution in [1.29, 1.82) is 0 Å². The molecule has 14 heavy (non-hydrogen) atoms. The molecule has 0 saturated carbocycles. The van der Waals surface area contributed by atoms with Crippen LogP contribution in [0.4, 0.5) is 0 Å². The molecule has 0 aliphatic carbocycles. The summed E-state index contributed by atoms with van der Waals surface area (Å²) in [5.74, 6) is -0.797. The second-order valence-corrected chi connectivity index (χ2v) is 3.33. The van der Waals surface area contributed by atoms with Gasteiger partial charge in [0.2, 0.25) is 0 Å². The molecule has 0 aliphatic heterocycles. The van der Waals surface area contributed by atoms with E-state index in [-0.39, 0.29) is 6.42 Å². The van der Waals surface area contributed by atoms with Gasteiger partial charge < -0.3 is 10.1 Å². The molecule has 0 aromatic carbocycles. The molecule has 0 radical (unpaired) electrons. The number of aromatic amines is 1. The van der Waals surface area contributed by atoms with Gasteiger partial charge in [0.1, 0.15) is 0 Å². The van der Waals surface area contributed by atoms with Crippen LogP contribution in [0.2, 0.25) is 0 Å². The number of hydrogen-bond donors (Lipinski definition) is 2. The van der Waals surface area contributed by atoms with E-state index in [2.05, 4.69) is 9.97 Å². The lowest BCUT2D eigenvalue weighted by Gasteiger charge is -2.04. The number of aryl methyl sites for hydroxylation is 2. The number of hydrogen-bond acceptors (Lipinski definition) is 3. The second kappa shape index (κ2) is 4.85. The molecule has 0 amide bonds. The number of aromatic nitrogens is 2. The zero-order valence-corrected chi connectivity index (χ0v) is 8.73. The molecule has 0 aliphatic rings. The fraction of sp³-hybridized carbons (Fsp3) is 0.444. The average Bonchev–Trinajstić information content (AvgIpc) is 2.15. The Morgan fingerprint density at radius 2 is 2.43 bits per heavy atom. The molecule has 2 N–H and O–H groups in total. The smallest absolute Gasteiger partial charge is 0.303 e. The van der Waals surface area contributed by atoms with Gasteiger partial charge in [0.25, 0.3) is 0 Å². The van der Waals surface area contributed by atoms with E-state index in [1.165, 1.54) is 0 Å². The molecule has 1 aromatic rings. The number of H-pyrrole nitrogens is 1. The molecule has 0 saturated heterocycles. The average molecular weight is 212 g/mol. The monoisotopic (exact) mass is 212 g/mol. The van der Waals surface area contributed by atoms with Gasteiger partial charge in [0.05, 0.1) is 0 Å². The molecule has 0 spiro atoms. The van der Waals surface area contributed by atoms with E-state index in [1.807, 2.05) is 6.92 Å². The first-order valence-electron chi connectivity index (χ1n) is 4.42. The molecule has 5 heteroatoms. The first kappa shape index (κ1) is 10.8. The Morgan fingerprint density at radius 3 is 3.00 bits per heavy atom. The van der Waals surface area contributed by atoms with Gasteiger partial charge in [-0.25, -0.2) is 4.98 Å². The highest BCUT2D eigenvalue weighted by Gasteiger charge is 2.04. The summed E-state index contributed by atoms with van der Waals surface area (Å²) in [5.41, 5.74) is 1.91. The fourth-order valence-electron chi connectivity index (χ4n) is 1.23. The molecular formula is C9H12N2O2S. The minimum absolute atomic E-state index is 0.124. The summed E-state index contributed by atoms with van der Waals surface area (Å²) in [6.45, 7) is 1.99. The van der Waals surface area contributed by atoms with E-state index < -0.39 is 5.97 Å². The first-order valence-corrected chi connectivity index (χ1v) is 4.83. The zero-order valence-electron chi connectivity index (χ0n) is 7.91. The fourth-order valence-corrected chi connectivity index (χ4v) is 1.40. The Bertz CT molecular complexity index is 387. The normalized spacial score (nSPS) is 10.1. The molecule has 1 rings (SSSR count). The van der Waals surface area contributed by atoms with E-state index in [9.17, 15) is 4.79 Å². The van der Waals surface area contributed by atoms with E-state index in [0.717, 1.165) is 17.7 Å². The lowest BCUT2D eigenvalue weighted by Crippen LogP contribution is -2.03. The maximum Gasteiger partial charge on any atom is 0.303 e. The minimum Gasteiger partial charge on any atom is -0.481 e.